The van der Waals surface area contributed by atoms with Gasteiger partial charge < -0.3 is 18.9 Å². The van der Waals surface area contributed by atoms with E-state index in [9.17, 15) is 22.8 Å². The van der Waals surface area contributed by atoms with Gasteiger partial charge in [0, 0.05) is 16.9 Å². The molecule has 14 heteroatoms. The largest absolute Gasteiger partial charge is 0.508 e. The van der Waals surface area contributed by atoms with Crippen LogP contribution in [0.4, 0.5) is 4.79 Å². The smallest absolute Gasteiger partial charge is 0.459 e. The molecule has 32 heavy (non-hydrogen) atoms. The summed E-state index contributed by atoms with van der Waals surface area (Å²) in [4.78, 5) is 38.3. The van der Waals surface area contributed by atoms with Crippen LogP contribution in [0.25, 0.3) is 10.4 Å². The summed E-state index contributed by atoms with van der Waals surface area (Å²) in [5.41, 5.74) is 6.93. The molecule has 0 heterocycles. The van der Waals surface area contributed by atoms with Crippen LogP contribution < -0.4 is 0 Å². The Morgan fingerprint density at radius 2 is 1.69 bits per heavy atom. The van der Waals surface area contributed by atoms with Crippen LogP contribution in [0, 0.1) is 11.3 Å². The van der Waals surface area contributed by atoms with Gasteiger partial charge in [0.15, 0.2) is 0 Å². The third kappa shape index (κ3) is 12.3. The zero-order valence-corrected chi connectivity index (χ0v) is 19.8. The minimum Gasteiger partial charge on any atom is -0.459 e. The molecule has 0 aliphatic rings. The summed E-state index contributed by atoms with van der Waals surface area (Å²) in [6, 6.07) is 0. The Bertz CT molecular complexity index is 776. The molecular weight excluding hydrogens is 450 g/mol. The number of rotatable bonds is 15. The van der Waals surface area contributed by atoms with Crippen molar-refractivity contribution in [2.75, 3.05) is 38.7 Å². The fourth-order valence-electron chi connectivity index (χ4n) is 2.01. The Morgan fingerprint density at radius 3 is 2.25 bits per heavy atom. The van der Waals surface area contributed by atoms with Gasteiger partial charge in [0.25, 0.3) is 10.1 Å². The van der Waals surface area contributed by atoms with Crippen LogP contribution in [-0.4, -0.2) is 71.3 Å². The van der Waals surface area contributed by atoms with Gasteiger partial charge in [-0.1, -0.05) is 32.8 Å². The first-order chi connectivity index (χ1) is 14.9. The van der Waals surface area contributed by atoms with Crippen molar-refractivity contribution in [1.29, 1.82) is 0 Å². The van der Waals surface area contributed by atoms with E-state index in [2.05, 4.69) is 19.5 Å². The Morgan fingerprint density at radius 1 is 1.06 bits per heavy atom. The number of hydrogen-bond acceptors (Lipinski definition) is 11. The van der Waals surface area contributed by atoms with Crippen molar-refractivity contribution in [3.05, 3.63) is 10.4 Å². The highest BCUT2D eigenvalue weighted by molar-refractivity contribution is 7.86. The van der Waals surface area contributed by atoms with Crippen LogP contribution in [-0.2, 0) is 42.8 Å². The van der Waals surface area contributed by atoms with Gasteiger partial charge in [-0.2, -0.15) is 8.42 Å². The minimum atomic E-state index is -3.98. The van der Waals surface area contributed by atoms with Crippen LogP contribution >= 0.6 is 0 Å². The predicted octanol–water partition coefficient (Wildman–Crippen LogP) is 2.34. The lowest BCUT2D eigenvalue weighted by molar-refractivity contribution is -0.180. The van der Waals surface area contributed by atoms with Crippen molar-refractivity contribution in [3.63, 3.8) is 0 Å². The Balaban J connectivity index is 5.10. The highest BCUT2D eigenvalue weighted by Gasteiger charge is 2.41. The van der Waals surface area contributed by atoms with Gasteiger partial charge >= 0.3 is 18.1 Å². The number of carbonyl (C=O) groups excluding carboxylic acids is 3. The van der Waals surface area contributed by atoms with Crippen molar-refractivity contribution in [2.45, 2.75) is 47.1 Å². The molecule has 0 radical (unpaired) electrons. The standard InChI is InChI=1S/C18H31N3O10S/c1-6-27-17(24)29-10-9-28-16(23)14(31-15(22)13(2)3)18(4,5)12-30-32(25,26)11-7-8-20-21-19/h13-14H,6-12H2,1-5H3/t14-/m0/s1. The number of ether oxygens (including phenoxy) is 4. The van der Waals surface area contributed by atoms with Crippen LogP contribution in [0.5, 0.6) is 0 Å². The summed E-state index contributed by atoms with van der Waals surface area (Å²) < 4.78 is 48.6. The quantitative estimate of drug-likeness (QED) is 0.0640. The van der Waals surface area contributed by atoms with E-state index in [1.807, 2.05) is 0 Å². The van der Waals surface area contributed by atoms with Gasteiger partial charge in [-0.3, -0.25) is 8.98 Å². The van der Waals surface area contributed by atoms with Gasteiger partial charge in [0.05, 0.1) is 24.9 Å². The minimum absolute atomic E-state index is 0.0166. The van der Waals surface area contributed by atoms with Crippen LogP contribution in [0.3, 0.4) is 0 Å². The van der Waals surface area contributed by atoms with Crippen molar-refractivity contribution < 1.29 is 45.9 Å². The molecule has 0 aromatic rings. The van der Waals surface area contributed by atoms with E-state index in [-0.39, 0.29) is 32.8 Å². The molecule has 0 aliphatic carbocycles. The molecule has 0 saturated heterocycles. The molecule has 0 fully saturated rings. The molecule has 0 aliphatic heterocycles. The maximum absolute atomic E-state index is 12.6. The molecule has 0 rings (SSSR count). The van der Waals surface area contributed by atoms with Gasteiger partial charge in [-0.25, -0.2) is 9.59 Å². The van der Waals surface area contributed by atoms with Crippen LogP contribution in [0.1, 0.15) is 41.0 Å². The molecule has 0 unspecified atom stereocenters. The third-order valence-electron chi connectivity index (χ3n) is 3.77. The highest BCUT2D eigenvalue weighted by Crippen LogP contribution is 2.27. The lowest BCUT2D eigenvalue weighted by atomic mass is 9.87. The molecule has 0 aromatic heterocycles. The Labute approximate surface area is 187 Å². The normalized spacial score (nSPS) is 12.4. The second kappa shape index (κ2) is 14.5. The van der Waals surface area contributed by atoms with Crippen molar-refractivity contribution in [2.24, 2.45) is 16.4 Å². The summed E-state index contributed by atoms with van der Waals surface area (Å²) in [5, 5.41) is 3.24. The number of carbonyl (C=O) groups is 3. The molecule has 184 valence electrons. The second-order valence-electron chi connectivity index (χ2n) is 7.49. The highest BCUT2D eigenvalue weighted by atomic mass is 32.2. The zero-order valence-electron chi connectivity index (χ0n) is 18.9. The first kappa shape index (κ1) is 29.4. The molecule has 0 aromatic carbocycles. The summed E-state index contributed by atoms with van der Waals surface area (Å²) in [7, 11) is -3.98. The number of nitrogens with zero attached hydrogens (tertiary/aromatic N) is 3. The molecule has 1 atom stereocenters. The van der Waals surface area contributed by atoms with Gasteiger partial charge in [-0.15, -0.1) is 0 Å². The molecule has 0 bridgehead atoms. The van der Waals surface area contributed by atoms with Gasteiger partial charge in [0.1, 0.15) is 13.2 Å². The Hall–Kier alpha value is -2.57. The van der Waals surface area contributed by atoms with E-state index in [0.29, 0.717) is 0 Å². The first-order valence-corrected chi connectivity index (χ1v) is 11.5. The van der Waals surface area contributed by atoms with Gasteiger partial charge in [-0.05, 0) is 18.9 Å². The zero-order chi connectivity index (χ0) is 24.8. The van der Waals surface area contributed by atoms with E-state index in [0.717, 1.165) is 0 Å². The third-order valence-corrected chi connectivity index (χ3v) is 5.03. The molecule has 0 N–H and O–H groups in total. The van der Waals surface area contributed by atoms with Crippen LogP contribution in [0.15, 0.2) is 5.11 Å². The van der Waals surface area contributed by atoms with E-state index in [4.69, 9.17) is 19.2 Å². The summed E-state index contributed by atoms with van der Waals surface area (Å²) >= 11 is 0. The van der Waals surface area contributed by atoms with E-state index in [1.165, 1.54) is 13.8 Å². The number of hydrogen-bond donors (Lipinski definition) is 0. The van der Waals surface area contributed by atoms with Crippen molar-refractivity contribution >= 4 is 28.2 Å². The molecular formula is C18H31N3O10S. The summed E-state index contributed by atoms with van der Waals surface area (Å²) in [6.07, 6.45) is -2.36. The first-order valence-electron chi connectivity index (χ1n) is 9.91. The average molecular weight is 482 g/mol. The van der Waals surface area contributed by atoms with Crippen LogP contribution in [0.2, 0.25) is 0 Å². The SMILES string of the molecule is CCOC(=O)OCCOC(=O)[C@H](OC(=O)C(C)C)C(C)(C)COS(=O)(=O)CCCN=[N+]=[N-]. The summed E-state index contributed by atoms with van der Waals surface area (Å²) in [5.74, 6) is -2.60. The Kier molecular flexibility index (Phi) is 13.3. The van der Waals surface area contributed by atoms with E-state index < -0.39 is 58.0 Å². The fourth-order valence-corrected chi connectivity index (χ4v) is 3.10. The lowest BCUT2D eigenvalue weighted by Crippen LogP contribution is -2.45. The second-order valence-corrected chi connectivity index (χ2v) is 9.25. The van der Waals surface area contributed by atoms with E-state index in [1.54, 1.807) is 20.8 Å². The predicted molar refractivity (Wildman–Crippen MR) is 111 cm³/mol. The maximum atomic E-state index is 12.6. The van der Waals surface area contributed by atoms with Crippen molar-refractivity contribution in [1.82, 2.24) is 0 Å². The molecule has 0 amide bonds. The molecule has 0 saturated carbocycles. The topological polar surface area (TPSA) is 180 Å². The van der Waals surface area contributed by atoms with E-state index >= 15 is 0 Å². The average Bonchev–Trinajstić information content (AvgIpc) is 2.71. The van der Waals surface area contributed by atoms with Gasteiger partial charge in [0.2, 0.25) is 6.10 Å². The molecule has 0 spiro atoms. The number of esters is 2. The monoisotopic (exact) mass is 481 g/mol. The molecule has 13 nitrogen and oxygen atoms in total. The lowest BCUT2D eigenvalue weighted by Gasteiger charge is -2.32. The summed E-state index contributed by atoms with van der Waals surface area (Å²) in [6.45, 7) is 6.67. The fraction of sp³-hybridized carbons (Fsp3) is 0.833. The van der Waals surface area contributed by atoms with Crippen molar-refractivity contribution in [3.8, 4) is 0 Å². The maximum Gasteiger partial charge on any atom is 0.508 e. The number of azide groups is 1.